The molecule has 38 heavy (non-hydrogen) atoms. The van der Waals surface area contributed by atoms with Gasteiger partial charge in [-0.05, 0) is 50.3 Å². The SMILES string of the molecule is Cc1ncnc2c1c(-c1ccc(NC(=O)Nc3cc(C4(C(F)(F)F)CC4)no3)c3occc13)cn2C1CC1. The molecule has 1 aromatic carbocycles. The molecule has 0 radical (unpaired) electrons. The normalized spacial score (nSPS) is 16.7. The van der Waals surface area contributed by atoms with E-state index < -0.39 is 17.6 Å². The van der Waals surface area contributed by atoms with Gasteiger partial charge in [-0.25, -0.2) is 14.8 Å². The molecule has 9 nitrogen and oxygen atoms in total. The van der Waals surface area contributed by atoms with Crippen molar-refractivity contribution in [3.63, 3.8) is 0 Å². The summed E-state index contributed by atoms with van der Waals surface area (Å²) in [5.74, 6) is -0.177. The second-order valence-electron chi connectivity index (χ2n) is 9.90. The van der Waals surface area contributed by atoms with Crippen LogP contribution in [-0.2, 0) is 5.41 Å². The van der Waals surface area contributed by atoms with Crippen LogP contribution >= 0.6 is 0 Å². The molecule has 2 saturated carbocycles. The van der Waals surface area contributed by atoms with E-state index in [0.29, 0.717) is 17.3 Å². The number of urea groups is 1. The van der Waals surface area contributed by atoms with Crippen LogP contribution in [0, 0.1) is 6.92 Å². The van der Waals surface area contributed by atoms with Crippen molar-refractivity contribution in [3.05, 3.63) is 54.4 Å². The summed E-state index contributed by atoms with van der Waals surface area (Å²) in [6, 6.07) is 6.26. The fourth-order valence-corrected chi connectivity index (χ4v) is 5.10. The Morgan fingerprint density at radius 2 is 1.95 bits per heavy atom. The Morgan fingerprint density at radius 1 is 1.13 bits per heavy atom. The Bertz CT molecular complexity index is 1730. The van der Waals surface area contributed by atoms with Crippen molar-refractivity contribution in [2.45, 2.75) is 50.2 Å². The molecule has 4 aromatic heterocycles. The lowest BCUT2D eigenvalue weighted by Crippen LogP contribution is -2.28. The number of anilines is 2. The zero-order chi connectivity index (χ0) is 26.2. The number of carbonyl (C=O) groups is 1. The zero-order valence-corrected chi connectivity index (χ0v) is 20.1. The number of nitrogens with one attached hydrogen (secondary N) is 2. The molecule has 2 fully saturated rings. The number of alkyl halides is 3. The molecule has 0 aliphatic heterocycles. The predicted octanol–water partition coefficient (Wildman–Crippen LogP) is 6.71. The van der Waals surface area contributed by atoms with Crippen LogP contribution in [0.5, 0.6) is 0 Å². The average Bonchev–Trinajstić information content (AvgIpc) is 3.74. The molecule has 0 saturated heterocycles. The molecule has 0 unspecified atom stereocenters. The third-order valence-corrected chi connectivity index (χ3v) is 7.42. The van der Waals surface area contributed by atoms with Crippen molar-refractivity contribution in [1.82, 2.24) is 19.7 Å². The van der Waals surface area contributed by atoms with E-state index in [1.54, 1.807) is 12.4 Å². The van der Waals surface area contributed by atoms with Crippen molar-refractivity contribution >= 4 is 39.6 Å². The largest absolute Gasteiger partial charge is 0.462 e. The molecule has 0 atom stereocenters. The van der Waals surface area contributed by atoms with Gasteiger partial charge in [0, 0.05) is 34.6 Å². The lowest BCUT2D eigenvalue weighted by Gasteiger charge is -2.15. The maximum atomic E-state index is 13.4. The summed E-state index contributed by atoms with van der Waals surface area (Å²) < 4.78 is 53.0. The van der Waals surface area contributed by atoms with Crippen LogP contribution in [0.2, 0.25) is 0 Å². The molecule has 2 aliphatic rings. The third-order valence-electron chi connectivity index (χ3n) is 7.42. The molecule has 2 amide bonds. The predicted molar refractivity (Wildman–Crippen MR) is 132 cm³/mol. The van der Waals surface area contributed by atoms with Gasteiger partial charge in [0.15, 0.2) is 5.58 Å². The minimum atomic E-state index is -4.42. The van der Waals surface area contributed by atoms with Gasteiger partial charge >= 0.3 is 12.2 Å². The van der Waals surface area contributed by atoms with E-state index in [1.165, 1.54) is 6.26 Å². The summed E-state index contributed by atoms with van der Waals surface area (Å²) in [5.41, 5.74) is 2.25. The van der Waals surface area contributed by atoms with Crippen LogP contribution in [0.15, 0.2) is 52.0 Å². The Morgan fingerprint density at radius 3 is 2.68 bits per heavy atom. The highest BCUT2D eigenvalue weighted by atomic mass is 19.4. The molecule has 0 spiro atoms. The van der Waals surface area contributed by atoms with Crippen LogP contribution in [0.25, 0.3) is 33.1 Å². The van der Waals surface area contributed by atoms with Crippen molar-refractivity contribution in [2.24, 2.45) is 0 Å². The van der Waals surface area contributed by atoms with Crippen LogP contribution in [0.3, 0.4) is 0 Å². The number of hydrogen-bond acceptors (Lipinski definition) is 6. The molecule has 5 aromatic rings. The maximum absolute atomic E-state index is 13.4. The van der Waals surface area contributed by atoms with E-state index in [-0.39, 0.29) is 24.4 Å². The summed E-state index contributed by atoms with van der Waals surface area (Å²) >= 11 is 0. The van der Waals surface area contributed by atoms with Crippen LogP contribution in [0.1, 0.15) is 43.1 Å². The number of fused-ring (bicyclic) bond motifs is 2. The van der Waals surface area contributed by atoms with Crippen molar-refractivity contribution in [1.29, 1.82) is 0 Å². The number of furan rings is 1. The van der Waals surface area contributed by atoms with Gasteiger partial charge in [0.05, 0.1) is 17.6 Å². The molecule has 194 valence electrons. The van der Waals surface area contributed by atoms with Crippen molar-refractivity contribution in [3.8, 4) is 11.1 Å². The standard InChI is InChI=1S/C26H21F3N6O3/c1-13-21-17(11-35(14-2-3-14)23(21)31-12-30-13)15-4-5-18(22-16(15)6-9-37-22)32-24(36)33-20-10-19(34-38-20)25(7-8-25)26(27,28)29/h4-6,9-12,14H,2-3,7-8H2,1H3,(H2,32,33,36). The Hall–Kier alpha value is -4.35. The zero-order valence-electron chi connectivity index (χ0n) is 20.1. The van der Waals surface area contributed by atoms with Crippen LogP contribution < -0.4 is 10.6 Å². The fraction of sp³-hybridized carbons (Fsp3) is 0.308. The van der Waals surface area contributed by atoms with E-state index in [0.717, 1.165) is 52.1 Å². The minimum absolute atomic E-state index is 0.0531. The molecule has 0 bridgehead atoms. The number of benzene rings is 1. The monoisotopic (exact) mass is 522 g/mol. The summed E-state index contributed by atoms with van der Waals surface area (Å²) in [6.45, 7) is 1.95. The highest BCUT2D eigenvalue weighted by Crippen LogP contribution is 2.58. The number of amides is 2. The highest BCUT2D eigenvalue weighted by molar-refractivity contribution is 6.10. The number of rotatable bonds is 5. The maximum Gasteiger partial charge on any atom is 0.400 e. The summed E-state index contributed by atoms with van der Waals surface area (Å²) in [7, 11) is 0. The lowest BCUT2D eigenvalue weighted by atomic mass is 10.0. The first-order chi connectivity index (χ1) is 18.2. The number of halogens is 3. The first-order valence-corrected chi connectivity index (χ1v) is 12.2. The number of nitrogens with zero attached hydrogens (tertiary/aromatic N) is 4. The second-order valence-corrected chi connectivity index (χ2v) is 9.90. The third kappa shape index (κ3) is 3.46. The topological polar surface area (TPSA) is 111 Å². The van der Waals surface area contributed by atoms with Gasteiger partial charge in [0.25, 0.3) is 0 Å². The first-order valence-electron chi connectivity index (χ1n) is 12.2. The van der Waals surface area contributed by atoms with E-state index in [1.807, 2.05) is 19.1 Å². The van der Waals surface area contributed by atoms with Crippen LogP contribution in [-0.4, -0.2) is 31.9 Å². The van der Waals surface area contributed by atoms with E-state index in [2.05, 4.69) is 36.5 Å². The smallest absolute Gasteiger partial charge is 0.400 e. The van der Waals surface area contributed by atoms with Gasteiger partial charge in [0.2, 0.25) is 5.88 Å². The average molecular weight is 522 g/mol. The molecule has 7 rings (SSSR count). The van der Waals surface area contributed by atoms with Crippen molar-refractivity contribution in [2.75, 3.05) is 10.6 Å². The first kappa shape index (κ1) is 22.8. The van der Waals surface area contributed by atoms with Gasteiger partial charge in [-0.2, -0.15) is 13.2 Å². The van der Waals surface area contributed by atoms with E-state index >= 15 is 0 Å². The summed E-state index contributed by atoms with van der Waals surface area (Å²) in [4.78, 5) is 21.6. The number of carbonyl (C=O) groups excluding carboxylic acids is 1. The molecule has 4 heterocycles. The number of aryl methyl sites for hydroxylation is 1. The minimum Gasteiger partial charge on any atom is -0.462 e. The number of aromatic nitrogens is 4. The van der Waals surface area contributed by atoms with E-state index in [9.17, 15) is 18.0 Å². The van der Waals surface area contributed by atoms with Crippen molar-refractivity contribution < 1.29 is 26.9 Å². The lowest BCUT2D eigenvalue weighted by molar-refractivity contribution is -0.161. The summed E-state index contributed by atoms with van der Waals surface area (Å²) in [5, 5.41) is 10.4. The second kappa shape index (κ2) is 7.83. The van der Waals surface area contributed by atoms with E-state index in [4.69, 9.17) is 8.94 Å². The summed E-state index contributed by atoms with van der Waals surface area (Å²) in [6.07, 6.45) is 2.89. The molecular formula is C26H21F3N6O3. The van der Waals surface area contributed by atoms with Gasteiger partial charge in [-0.1, -0.05) is 11.2 Å². The molecule has 2 N–H and O–H groups in total. The Labute approximate surface area is 213 Å². The van der Waals surface area contributed by atoms with Gasteiger partial charge < -0.3 is 18.8 Å². The van der Waals surface area contributed by atoms with Crippen LogP contribution in [0.4, 0.5) is 29.5 Å². The molecule has 2 aliphatic carbocycles. The fourth-order valence-electron chi connectivity index (χ4n) is 5.10. The Balaban J connectivity index is 1.18. The quantitative estimate of drug-likeness (QED) is 0.265. The molecule has 12 heteroatoms. The van der Waals surface area contributed by atoms with Gasteiger partial charge in [0.1, 0.15) is 23.1 Å². The highest BCUT2D eigenvalue weighted by Gasteiger charge is 2.66. The number of hydrogen-bond donors (Lipinski definition) is 2. The van der Waals surface area contributed by atoms with Gasteiger partial charge in [-0.3, -0.25) is 5.32 Å². The van der Waals surface area contributed by atoms with Gasteiger partial charge in [-0.15, -0.1) is 0 Å². The molecular weight excluding hydrogens is 501 g/mol. The Kier molecular flexibility index (Phi) is 4.70.